The van der Waals surface area contributed by atoms with Gasteiger partial charge in [-0.25, -0.2) is 0 Å². The van der Waals surface area contributed by atoms with Crippen LogP contribution >= 0.6 is 11.8 Å². The lowest BCUT2D eigenvalue weighted by molar-refractivity contribution is -0.127. The van der Waals surface area contributed by atoms with Gasteiger partial charge in [0.15, 0.2) is 0 Å². The van der Waals surface area contributed by atoms with Gasteiger partial charge in [0.05, 0.1) is 5.25 Å². The van der Waals surface area contributed by atoms with Crippen LogP contribution in [0.2, 0.25) is 0 Å². The molecule has 0 aromatic rings. The van der Waals surface area contributed by atoms with Gasteiger partial charge in [-0.3, -0.25) is 4.79 Å². The second kappa shape index (κ2) is 6.27. The summed E-state index contributed by atoms with van der Waals surface area (Å²) in [5, 5.41) is 0.0209. The third kappa shape index (κ3) is 5.16. The van der Waals surface area contributed by atoms with Crippen LogP contribution in [-0.4, -0.2) is 41.9 Å². The molecule has 3 nitrogen and oxygen atoms in total. The molecule has 0 spiro atoms. The normalized spacial score (nSPS) is 15.2. The van der Waals surface area contributed by atoms with E-state index in [9.17, 15) is 4.79 Å². The molecule has 2 atom stereocenters. The molecule has 0 bridgehead atoms. The first-order valence-electron chi connectivity index (χ1n) is 4.57. The lowest BCUT2D eigenvalue weighted by Gasteiger charge is -2.17. The summed E-state index contributed by atoms with van der Waals surface area (Å²) in [5.74, 6) is 1.02. The van der Waals surface area contributed by atoms with E-state index in [4.69, 9.17) is 5.73 Å². The van der Waals surface area contributed by atoms with Crippen LogP contribution in [0.15, 0.2) is 0 Å². The van der Waals surface area contributed by atoms with Crippen molar-refractivity contribution in [3.63, 3.8) is 0 Å². The van der Waals surface area contributed by atoms with Gasteiger partial charge in [-0.15, -0.1) is 11.8 Å². The minimum Gasteiger partial charge on any atom is -0.348 e. The zero-order chi connectivity index (χ0) is 10.4. The van der Waals surface area contributed by atoms with Crippen molar-refractivity contribution in [1.29, 1.82) is 0 Å². The predicted molar refractivity (Wildman–Crippen MR) is 58.9 cm³/mol. The summed E-state index contributed by atoms with van der Waals surface area (Å²) in [7, 11) is 3.55. The topological polar surface area (TPSA) is 46.3 Å². The molecule has 0 saturated heterocycles. The Morgan fingerprint density at radius 1 is 1.54 bits per heavy atom. The van der Waals surface area contributed by atoms with Gasteiger partial charge in [0.25, 0.3) is 0 Å². The van der Waals surface area contributed by atoms with Crippen LogP contribution < -0.4 is 5.73 Å². The maximum Gasteiger partial charge on any atom is 0.234 e. The number of nitrogens with two attached hydrogens (primary N) is 1. The number of carbonyl (C=O) groups excluding carboxylic acids is 1. The molecular weight excluding hydrogens is 184 g/mol. The Hall–Kier alpha value is -0.220. The van der Waals surface area contributed by atoms with E-state index in [2.05, 4.69) is 6.92 Å². The van der Waals surface area contributed by atoms with Gasteiger partial charge in [0.2, 0.25) is 5.91 Å². The van der Waals surface area contributed by atoms with Crippen LogP contribution in [-0.2, 0) is 4.79 Å². The fourth-order valence-corrected chi connectivity index (χ4v) is 1.95. The molecule has 0 saturated carbocycles. The number of amides is 1. The van der Waals surface area contributed by atoms with Crippen LogP contribution in [0, 0.1) is 0 Å². The van der Waals surface area contributed by atoms with Crippen molar-refractivity contribution in [1.82, 2.24) is 4.90 Å². The van der Waals surface area contributed by atoms with Gasteiger partial charge >= 0.3 is 0 Å². The molecule has 0 aromatic heterocycles. The van der Waals surface area contributed by atoms with Crippen molar-refractivity contribution in [3.8, 4) is 0 Å². The zero-order valence-electron chi connectivity index (χ0n) is 8.91. The Labute approximate surface area is 85.0 Å². The smallest absolute Gasteiger partial charge is 0.234 e. The highest BCUT2D eigenvalue weighted by atomic mass is 32.2. The summed E-state index contributed by atoms with van der Waals surface area (Å²) in [5.41, 5.74) is 5.75. The summed E-state index contributed by atoms with van der Waals surface area (Å²) >= 11 is 1.63. The van der Waals surface area contributed by atoms with Gasteiger partial charge in [0.1, 0.15) is 0 Å². The molecule has 0 aliphatic rings. The predicted octanol–water partition coefficient (Wildman–Crippen LogP) is 0.934. The first-order chi connectivity index (χ1) is 5.99. The average Bonchev–Trinajstić information content (AvgIpc) is 2.11. The second-order valence-electron chi connectivity index (χ2n) is 3.38. The van der Waals surface area contributed by atoms with Gasteiger partial charge in [-0.05, 0) is 13.3 Å². The van der Waals surface area contributed by atoms with E-state index >= 15 is 0 Å². The quantitative estimate of drug-likeness (QED) is 0.725. The molecule has 2 unspecified atom stereocenters. The Bertz CT molecular complexity index is 162. The van der Waals surface area contributed by atoms with E-state index in [1.165, 1.54) is 0 Å². The Kier molecular flexibility index (Phi) is 6.16. The Balaban J connectivity index is 3.74. The van der Waals surface area contributed by atoms with Crippen LogP contribution in [0.5, 0.6) is 0 Å². The fraction of sp³-hybridized carbons (Fsp3) is 0.889. The molecule has 0 aliphatic carbocycles. The van der Waals surface area contributed by atoms with Crippen LogP contribution in [0.25, 0.3) is 0 Å². The highest BCUT2D eigenvalue weighted by molar-refractivity contribution is 8.00. The monoisotopic (exact) mass is 204 g/mol. The molecule has 4 heteroatoms. The fourth-order valence-electron chi connectivity index (χ4n) is 0.821. The average molecular weight is 204 g/mol. The van der Waals surface area contributed by atoms with E-state index in [1.807, 2.05) is 6.92 Å². The summed E-state index contributed by atoms with van der Waals surface area (Å²) in [6.07, 6.45) is 0.968. The highest BCUT2D eigenvalue weighted by Crippen LogP contribution is 2.13. The number of carbonyl (C=O) groups is 1. The maximum absolute atomic E-state index is 11.4. The maximum atomic E-state index is 11.4. The molecule has 0 fully saturated rings. The van der Waals surface area contributed by atoms with Gasteiger partial charge in [0, 0.05) is 25.9 Å². The van der Waals surface area contributed by atoms with Gasteiger partial charge in [-0.2, -0.15) is 0 Å². The molecule has 0 heterocycles. The number of thioether (sulfide) groups is 1. The number of rotatable bonds is 5. The van der Waals surface area contributed by atoms with E-state index in [1.54, 1.807) is 30.8 Å². The lowest BCUT2D eigenvalue weighted by atomic mass is 10.3. The Morgan fingerprint density at radius 3 is 2.46 bits per heavy atom. The Morgan fingerprint density at radius 2 is 2.08 bits per heavy atom. The summed E-state index contributed by atoms with van der Waals surface area (Å²) in [4.78, 5) is 13.0. The zero-order valence-corrected chi connectivity index (χ0v) is 9.73. The molecule has 2 N–H and O–H groups in total. The molecule has 0 rings (SSSR count). The first-order valence-corrected chi connectivity index (χ1v) is 5.62. The number of hydrogen-bond donors (Lipinski definition) is 1. The van der Waals surface area contributed by atoms with Crippen molar-refractivity contribution in [2.24, 2.45) is 5.73 Å². The number of hydrogen-bond acceptors (Lipinski definition) is 3. The largest absolute Gasteiger partial charge is 0.348 e. The summed E-state index contributed by atoms with van der Waals surface area (Å²) in [6, 6.07) is 0.211. The minimum atomic E-state index is 0.0209. The van der Waals surface area contributed by atoms with E-state index in [0.29, 0.717) is 0 Å². The van der Waals surface area contributed by atoms with E-state index < -0.39 is 0 Å². The first kappa shape index (κ1) is 12.8. The van der Waals surface area contributed by atoms with Gasteiger partial charge < -0.3 is 10.6 Å². The molecule has 13 heavy (non-hydrogen) atoms. The standard InChI is InChI=1S/C9H20N2OS/c1-5-8(10)6-13-7(2)9(12)11(3)4/h7-8H,5-6,10H2,1-4H3. The lowest BCUT2D eigenvalue weighted by Crippen LogP contribution is -2.31. The third-order valence-electron chi connectivity index (χ3n) is 1.87. The van der Waals surface area contributed by atoms with E-state index in [-0.39, 0.29) is 17.2 Å². The third-order valence-corrected chi connectivity index (χ3v) is 3.20. The van der Waals surface area contributed by atoms with Crippen LogP contribution in [0.1, 0.15) is 20.3 Å². The van der Waals surface area contributed by atoms with Crippen molar-refractivity contribution in [3.05, 3.63) is 0 Å². The molecule has 0 aliphatic heterocycles. The van der Waals surface area contributed by atoms with Gasteiger partial charge in [-0.1, -0.05) is 6.92 Å². The van der Waals surface area contributed by atoms with E-state index in [0.717, 1.165) is 12.2 Å². The molecular formula is C9H20N2OS. The second-order valence-corrected chi connectivity index (χ2v) is 4.75. The van der Waals surface area contributed by atoms with Crippen LogP contribution in [0.3, 0.4) is 0 Å². The summed E-state index contributed by atoms with van der Waals surface area (Å²) < 4.78 is 0. The van der Waals surface area contributed by atoms with Crippen molar-refractivity contribution in [2.75, 3.05) is 19.8 Å². The SMILES string of the molecule is CCC(N)CSC(C)C(=O)N(C)C. The number of nitrogens with zero attached hydrogens (tertiary/aromatic N) is 1. The highest BCUT2D eigenvalue weighted by Gasteiger charge is 2.15. The molecule has 78 valence electrons. The molecule has 0 aromatic carbocycles. The molecule has 0 radical (unpaired) electrons. The summed E-state index contributed by atoms with van der Waals surface area (Å²) in [6.45, 7) is 3.99. The van der Waals surface area contributed by atoms with Crippen molar-refractivity contribution in [2.45, 2.75) is 31.6 Å². The van der Waals surface area contributed by atoms with Crippen LogP contribution in [0.4, 0.5) is 0 Å². The van der Waals surface area contributed by atoms with Crippen molar-refractivity contribution < 1.29 is 4.79 Å². The minimum absolute atomic E-state index is 0.0209. The van der Waals surface area contributed by atoms with Crippen molar-refractivity contribution >= 4 is 17.7 Å². The molecule has 1 amide bonds.